The molecule has 2 amide bonds. The van der Waals surface area contributed by atoms with Crippen molar-refractivity contribution in [1.29, 1.82) is 0 Å². The van der Waals surface area contributed by atoms with Gasteiger partial charge in [-0.25, -0.2) is 0 Å². The molecule has 2 aliphatic rings. The summed E-state index contributed by atoms with van der Waals surface area (Å²) in [5.74, 6) is -1.27. The Morgan fingerprint density at radius 3 is 2.55 bits per heavy atom. The first kappa shape index (κ1) is 19.2. The van der Waals surface area contributed by atoms with Crippen LogP contribution in [-0.4, -0.2) is 23.4 Å². The van der Waals surface area contributed by atoms with E-state index in [1.807, 2.05) is 31.2 Å². The summed E-state index contributed by atoms with van der Waals surface area (Å²) in [5.41, 5.74) is 2.04. The molecular formula is C23H24N2O4. The fourth-order valence-corrected chi connectivity index (χ4v) is 4.32. The minimum Gasteiger partial charge on any atom is -0.458 e. The number of nitrogens with one attached hydrogen (secondary N) is 2. The van der Waals surface area contributed by atoms with Crippen LogP contribution in [0.2, 0.25) is 0 Å². The third-order valence-electron chi connectivity index (χ3n) is 5.87. The summed E-state index contributed by atoms with van der Waals surface area (Å²) in [7, 11) is 0. The molecule has 1 spiro atoms. The first-order valence-corrected chi connectivity index (χ1v) is 9.97. The van der Waals surface area contributed by atoms with Gasteiger partial charge in [0.2, 0.25) is 5.91 Å². The molecule has 4 rings (SSSR count). The van der Waals surface area contributed by atoms with E-state index < -0.39 is 11.5 Å². The highest BCUT2D eigenvalue weighted by Gasteiger charge is 2.53. The molecule has 6 nitrogen and oxygen atoms in total. The molecule has 29 heavy (non-hydrogen) atoms. The predicted octanol–water partition coefficient (Wildman–Crippen LogP) is 4.06. The van der Waals surface area contributed by atoms with Crippen molar-refractivity contribution < 1.29 is 19.1 Å². The number of carbonyl (C=O) groups excluding carboxylic acids is 3. The quantitative estimate of drug-likeness (QED) is 0.769. The van der Waals surface area contributed by atoms with Crippen molar-refractivity contribution in [3.05, 3.63) is 59.7 Å². The van der Waals surface area contributed by atoms with E-state index in [2.05, 4.69) is 10.6 Å². The summed E-state index contributed by atoms with van der Waals surface area (Å²) in [6.07, 6.45) is 3.50. The van der Waals surface area contributed by atoms with E-state index in [1.165, 1.54) is 0 Å². The summed E-state index contributed by atoms with van der Waals surface area (Å²) in [6.45, 7) is 1.93. The van der Waals surface area contributed by atoms with E-state index in [1.54, 1.807) is 24.3 Å². The second-order valence-corrected chi connectivity index (χ2v) is 7.84. The summed E-state index contributed by atoms with van der Waals surface area (Å²) in [5, 5.41) is 5.77. The molecule has 6 heteroatoms. The first-order chi connectivity index (χ1) is 14.0. The Kier molecular flexibility index (Phi) is 5.09. The van der Waals surface area contributed by atoms with Crippen molar-refractivity contribution in [1.82, 2.24) is 0 Å². The highest BCUT2D eigenvalue weighted by Crippen LogP contribution is 2.45. The largest absolute Gasteiger partial charge is 0.458 e. The molecule has 2 aromatic rings. The lowest BCUT2D eigenvalue weighted by atomic mass is 9.85. The molecule has 0 radical (unpaired) electrons. The van der Waals surface area contributed by atoms with Crippen LogP contribution in [0.25, 0.3) is 0 Å². The maximum atomic E-state index is 12.9. The average molecular weight is 392 g/mol. The second-order valence-electron chi connectivity index (χ2n) is 7.84. The number of carbonyl (C=O) groups is 3. The Balaban J connectivity index is 1.47. The lowest BCUT2D eigenvalue weighted by Crippen LogP contribution is -2.39. The Labute approximate surface area is 169 Å². The van der Waals surface area contributed by atoms with Gasteiger partial charge < -0.3 is 15.4 Å². The highest BCUT2D eigenvalue weighted by atomic mass is 16.6. The number of hydrogen-bond acceptors (Lipinski definition) is 4. The monoisotopic (exact) mass is 392 g/mol. The number of para-hydroxylation sites is 1. The van der Waals surface area contributed by atoms with E-state index in [9.17, 15) is 14.4 Å². The third kappa shape index (κ3) is 3.88. The molecular weight excluding hydrogens is 368 g/mol. The van der Waals surface area contributed by atoms with Crippen LogP contribution in [0.1, 0.15) is 48.0 Å². The van der Waals surface area contributed by atoms with Crippen molar-refractivity contribution in [2.45, 2.75) is 44.6 Å². The van der Waals surface area contributed by atoms with Gasteiger partial charge in [0.15, 0.2) is 0 Å². The van der Waals surface area contributed by atoms with Crippen LogP contribution in [0.15, 0.2) is 48.5 Å². The molecule has 1 saturated carbocycles. The van der Waals surface area contributed by atoms with E-state index in [0.717, 1.165) is 36.9 Å². The topological polar surface area (TPSA) is 84.5 Å². The number of anilines is 2. The molecule has 1 unspecified atom stereocenters. The van der Waals surface area contributed by atoms with Crippen LogP contribution < -0.4 is 10.6 Å². The molecule has 2 fully saturated rings. The summed E-state index contributed by atoms with van der Waals surface area (Å²) < 4.78 is 5.56. The Hall–Kier alpha value is -3.15. The van der Waals surface area contributed by atoms with E-state index >= 15 is 0 Å². The minimum absolute atomic E-state index is 0.110. The van der Waals surface area contributed by atoms with E-state index in [4.69, 9.17) is 4.74 Å². The molecule has 0 bridgehead atoms. The van der Waals surface area contributed by atoms with Gasteiger partial charge in [0.1, 0.15) is 5.60 Å². The lowest BCUT2D eigenvalue weighted by molar-refractivity contribution is -0.149. The lowest BCUT2D eigenvalue weighted by Gasteiger charge is -2.27. The number of ether oxygens (including phenoxy) is 1. The maximum Gasteiger partial charge on any atom is 0.307 e. The van der Waals surface area contributed by atoms with Crippen molar-refractivity contribution >= 4 is 29.2 Å². The zero-order valence-electron chi connectivity index (χ0n) is 16.4. The Morgan fingerprint density at radius 1 is 1.03 bits per heavy atom. The second kappa shape index (κ2) is 7.70. The summed E-state index contributed by atoms with van der Waals surface area (Å²) in [4.78, 5) is 37.4. The van der Waals surface area contributed by atoms with Gasteiger partial charge in [-0.2, -0.15) is 0 Å². The zero-order valence-corrected chi connectivity index (χ0v) is 16.4. The SMILES string of the molecule is Cc1ccccc1NC(=O)c1cccc(NC(=O)C2CC(=O)OC23CCCC3)c1. The number of aryl methyl sites for hydroxylation is 1. The number of rotatable bonds is 4. The van der Waals surface area contributed by atoms with Crippen LogP contribution in [-0.2, 0) is 14.3 Å². The van der Waals surface area contributed by atoms with Crippen LogP contribution in [0.3, 0.4) is 0 Å². The number of esters is 1. The van der Waals surface area contributed by atoms with E-state index in [-0.39, 0.29) is 24.2 Å². The molecule has 2 N–H and O–H groups in total. The molecule has 1 heterocycles. The summed E-state index contributed by atoms with van der Waals surface area (Å²) >= 11 is 0. The van der Waals surface area contributed by atoms with Crippen molar-refractivity contribution in [3.8, 4) is 0 Å². The van der Waals surface area contributed by atoms with Gasteiger partial charge in [0, 0.05) is 16.9 Å². The molecule has 1 aliphatic heterocycles. The van der Waals surface area contributed by atoms with Gasteiger partial charge in [-0.05, 0) is 62.4 Å². The van der Waals surface area contributed by atoms with Gasteiger partial charge in [-0.3, -0.25) is 14.4 Å². The van der Waals surface area contributed by atoms with Gasteiger partial charge >= 0.3 is 5.97 Å². The minimum atomic E-state index is -0.652. The molecule has 2 aromatic carbocycles. The number of benzene rings is 2. The van der Waals surface area contributed by atoms with Gasteiger partial charge in [-0.1, -0.05) is 24.3 Å². The standard InChI is InChI=1S/C23H24N2O4/c1-15-7-2-3-10-19(15)25-21(27)16-8-6-9-17(13-16)24-22(28)18-14-20(26)29-23(18)11-4-5-12-23/h2-3,6-10,13,18H,4-5,11-12,14H2,1H3,(H,24,28)(H,25,27). The van der Waals surface area contributed by atoms with Crippen LogP contribution in [0, 0.1) is 12.8 Å². The maximum absolute atomic E-state index is 12.9. The zero-order chi connectivity index (χ0) is 20.4. The molecule has 1 atom stereocenters. The molecule has 150 valence electrons. The predicted molar refractivity (Wildman–Crippen MR) is 110 cm³/mol. The van der Waals surface area contributed by atoms with Crippen molar-refractivity contribution in [2.75, 3.05) is 10.6 Å². The van der Waals surface area contributed by atoms with E-state index in [0.29, 0.717) is 11.3 Å². The van der Waals surface area contributed by atoms with Crippen LogP contribution in [0.5, 0.6) is 0 Å². The fourth-order valence-electron chi connectivity index (χ4n) is 4.32. The fraction of sp³-hybridized carbons (Fsp3) is 0.348. The first-order valence-electron chi connectivity index (χ1n) is 9.97. The van der Waals surface area contributed by atoms with Crippen molar-refractivity contribution in [2.24, 2.45) is 5.92 Å². The number of amides is 2. The Bertz CT molecular complexity index is 963. The average Bonchev–Trinajstić information content (AvgIpc) is 3.30. The smallest absolute Gasteiger partial charge is 0.307 e. The van der Waals surface area contributed by atoms with Crippen LogP contribution in [0.4, 0.5) is 11.4 Å². The molecule has 0 aromatic heterocycles. The van der Waals surface area contributed by atoms with Gasteiger partial charge in [0.05, 0.1) is 12.3 Å². The highest BCUT2D eigenvalue weighted by molar-refractivity contribution is 6.06. The molecule has 1 aliphatic carbocycles. The summed E-state index contributed by atoms with van der Waals surface area (Å²) in [6, 6.07) is 14.4. The van der Waals surface area contributed by atoms with Gasteiger partial charge in [-0.15, -0.1) is 0 Å². The Morgan fingerprint density at radius 2 is 1.79 bits per heavy atom. The number of hydrogen-bond donors (Lipinski definition) is 2. The van der Waals surface area contributed by atoms with Crippen LogP contribution >= 0.6 is 0 Å². The van der Waals surface area contributed by atoms with Gasteiger partial charge in [0.25, 0.3) is 5.91 Å². The van der Waals surface area contributed by atoms with Crippen molar-refractivity contribution in [3.63, 3.8) is 0 Å². The third-order valence-corrected chi connectivity index (χ3v) is 5.87. The molecule has 1 saturated heterocycles. The normalized spacial score (nSPS) is 19.8.